The van der Waals surface area contributed by atoms with Gasteiger partial charge in [-0.2, -0.15) is 16.9 Å². The summed E-state index contributed by atoms with van der Waals surface area (Å²) in [5, 5.41) is 5.21. The van der Waals surface area contributed by atoms with Crippen LogP contribution < -0.4 is 11.3 Å². The van der Waals surface area contributed by atoms with Crippen molar-refractivity contribution in [3.63, 3.8) is 0 Å². The Morgan fingerprint density at radius 2 is 2.17 bits per heavy atom. The van der Waals surface area contributed by atoms with Gasteiger partial charge in [0.05, 0.1) is 5.69 Å². The van der Waals surface area contributed by atoms with Crippen LogP contribution in [0.2, 0.25) is 0 Å². The standard InChI is InChI=1S/C13H26N4S/c1-5-11-7-13(17(6-2)16-11)8-12(15-14)9-18-10(3)4/h7,10,12,15H,5-6,8-9,14H2,1-4H3. The summed E-state index contributed by atoms with van der Waals surface area (Å²) >= 11 is 1.94. The number of aromatic nitrogens is 2. The Labute approximate surface area is 115 Å². The predicted molar refractivity (Wildman–Crippen MR) is 79.7 cm³/mol. The zero-order valence-electron chi connectivity index (χ0n) is 11.9. The van der Waals surface area contributed by atoms with Gasteiger partial charge in [-0.25, -0.2) is 0 Å². The predicted octanol–water partition coefficient (Wildman–Crippen LogP) is 1.98. The maximum Gasteiger partial charge on any atom is 0.0624 e. The topological polar surface area (TPSA) is 55.9 Å². The van der Waals surface area contributed by atoms with Crippen molar-refractivity contribution in [2.45, 2.75) is 58.4 Å². The number of hydrogen-bond donors (Lipinski definition) is 2. The molecule has 1 rings (SSSR count). The minimum absolute atomic E-state index is 0.309. The highest BCUT2D eigenvalue weighted by Crippen LogP contribution is 2.14. The van der Waals surface area contributed by atoms with Gasteiger partial charge in [0.15, 0.2) is 0 Å². The fourth-order valence-electron chi connectivity index (χ4n) is 1.85. The third-order valence-electron chi connectivity index (χ3n) is 2.90. The third-order valence-corrected chi connectivity index (χ3v) is 4.16. The minimum Gasteiger partial charge on any atom is -0.271 e. The van der Waals surface area contributed by atoms with Crippen molar-refractivity contribution in [3.05, 3.63) is 17.5 Å². The average molecular weight is 270 g/mol. The maximum absolute atomic E-state index is 5.64. The number of nitrogens with zero attached hydrogens (tertiary/aromatic N) is 2. The molecule has 1 atom stereocenters. The lowest BCUT2D eigenvalue weighted by atomic mass is 10.1. The van der Waals surface area contributed by atoms with E-state index in [1.807, 2.05) is 11.8 Å². The van der Waals surface area contributed by atoms with Gasteiger partial charge in [-0.1, -0.05) is 20.8 Å². The van der Waals surface area contributed by atoms with E-state index in [0.717, 1.165) is 25.1 Å². The minimum atomic E-state index is 0.309. The van der Waals surface area contributed by atoms with Crippen LogP contribution in [0.5, 0.6) is 0 Å². The molecule has 18 heavy (non-hydrogen) atoms. The van der Waals surface area contributed by atoms with Gasteiger partial charge in [-0.3, -0.25) is 16.0 Å². The molecule has 0 fully saturated rings. The second kappa shape index (κ2) is 7.81. The van der Waals surface area contributed by atoms with E-state index < -0.39 is 0 Å². The zero-order valence-corrected chi connectivity index (χ0v) is 12.8. The summed E-state index contributed by atoms with van der Waals surface area (Å²) in [7, 11) is 0. The normalized spacial score (nSPS) is 13.2. The fraction of sp³-hybridized carbons (Fsp3) is 0.769. The molecule has 0 aromatic carbocycles. The summed E-state index contributed by atoms with van der Waals surface area (Å²) in [5.41, 5.74) is 5.37. The first-order valence-electron chi connectivity index (χ1n) is 6.74. The Morgan fingerprint density at radius 1 is 1.44 bits per heavy atom. The molecular formula is C13H26N4S. The van der Waals surface area contributed by atoms with Gasteiger partial charge in [0.25, 0.3) is 0 Å². The molecule has 0 amide bonds. The average Bonchev–Trinajstić information content (AvgIpc) is 2.76. The van der Waals surface area contributed by atoms with Gasteiger partial charge in [0, 0.05) is 30.5 Å². The summed E-state index contributed by atoms with van der Waals surface area (Å²) in [6, 6.07) is 2.51. The van der Waals surface area contributed by atoms with Crippen molar-refractivity contribution in [2.75, 3.05) is 5.75 Å². The number of nitrogens with two attached hydrogens (primary N) is 1. The number of thioether (sulfide) groups is 1. The molecular weight excluding hydrogens is 244 g/mol. The fourth-order valence-corrected chi connectivity index (χ4v) is 2.68. The Bertz CT molecular complexity index is 349. The monoisotopic (exact) mass is 270 g/mol. The lowest BCUT2D eigenvalue weighted by Gasteiger charge is -2.17. The number of rotatable bonds is 8. The summed E-state index contributed by atoms with van der Waals surface area (Å²) in [6.45, 7) is 9.61. The first-order valence-corrected chi connectivity index (χ1v) is 7.78. The summed E-state index contributed by atoms with van der Waals surface area (Å²) in [5.74, 6) is 6.68. The summed E-state index contributed by atoms with van der Waals surface area (Å²) < 4.78 is 2.09. The SMILES string of the molecule is CCc1cc(CC(CSC(C)C)NN)n(CC)n1. The highest BCUT2D eigenvalue weighted by atomic mass is 32.2. The molecule has 104 valence electrons. The number of aryl methyl sites for hydroxylation is 2. The molecule has 0 aliphatic carbocycles. The maximum atomic E-state index is 5.64. The van der Waals surface area contributed by atoms with Gasteiger partial charge >= 0.3 is 0 Å². The molecule has 5 heteroatoms. The quantitative estimate of drug-likeness (QED) is 0.560. The molecule has 0 aliphatic rings. The van der Waals surface area contributed by atoms with E-state index >= 15 is 0 Å². The second-order valence-corrected chi connectivity index (χ2v) is 6.36. The molecule has 0 saturated carbocycles. The van der Waals surface area contributed by atoms with E-state index in [4.69, 9.17) is 5.84 Å². The molecule has 0 spiro atoms. The van der Waals surface area contributed by atoms with Crippen LogP contribution in [0.15, 0.2) is 6.07 Å². The lowest BCUT2D eigenvalue weighted by molar-refractivity contribution is 0.533. The Morgan fingerprint density at radius 3 is 2.67 bits per heavy atom. The van der Waals surface area contributed by atoms with Crippen LogP contribution >= 0.6 is 11.8 Å². The van der Waals surface area contributed by atoms with Gasteiger partial charge in [-0.15, -0.1) is 0 Å². The van der Waals surface area contributed by atoms with Crippen LogP contribution in [-0.2, 0) is 19.4 Å². The number of hydrazine groups is 1. The van der Waals surface area contributed by atoms with Crippen molar-refractivity contribution in [1.82, 2.24) is 15.2 Å². The van der Waals surface area contributed by atoms with Crippen LogP contribution in [0.3, 0.4) is 0 Å². The Balaban J connectivity index is 2.65. The first kappa shape index (κ1) is 15.5. The smallest absolute Gasteiger partial charge is 0.0624 e. The highest BCUT2D eigenvalue weighted by Gasteiger charge is 2.13. The highest BCUT2D eigenvalue weighted by molar-refractivity contribution is 7.99. The van der Waals surface area contributed by atoms with Gasteiger partial charge in [-0.05, 0) is 24.7 Å². The molecule has 1 heterocycles. The Kier molecular flexibility index (Phi) is 6.75. The molecule has 1 aromatic rings. The van der Waals surface area contributed by atoms with Crippen LogP contribution in [-0.4, -0.2) is 26.8 Å². The lowest BCUT2D eigenvalue weighted by Crippen LogP contribution is -2.39. The van der Waals surface area contributed by atoms with Gasteiger partial charge < -0.3 is 0 Å². The van der Waals surface area contributed by atoms with Crippen molar-refractivity contribution in [1.29, 1.82) is 0 Å². The van der Waals surface area contributed by atoms with Crippen LogP contribution in [0.1, 0.15) is 39.1 Å². The molecule has 3 N–H and O–H groups in total. The van der Waals surface area contributed by atoms with Crippen LogP contribution in [0.25, 0.3) is 0 Å². The molecule has 1 unspecified atom stereocenters. The van der Waals surface area contributed by atoms with Crippen LogP contribution in [0, 0.1) is 0 Å². The van der Waals surface area contributed by atoms with E-state index in [0.29, 0.717) is 11.3 Å². The molecule has 0 saturated heterocycles. The van der Waals surface area contributed by atoms with Gasteiger partial charge in [0.1, 0.15) is 0 Å². The second-order valence-electron chi connectivity index (χ2n) is 4.75. The van der Waals surface area contributed by atoms with Crippen molar-refractivity contribution in [2.24, 2.45) is 5.84 Å². The summed E-state index contributed by atoms with van der Waals surface area (Å²) in [4.78, 5) is 0. The molecule has 0 radical (unpaired) electrons. The van der Waals surface area contributed by atoms with E-state index in [2.05, 4.69) is 49.0 Å². The summed E-state index contributed by atoms with van der Waals surface area (Å²) in [6.07, 6.45) is 1.93. The molecule has 0 aliphatic heterocycles. The van der Waals surface area contributed by atoms with E-state index in [9.17, 15) is 0 Å². The zero-order chi connectivity index (χ0) is 13.5. The number of nitrogens with one attached hydrogen (secondary N) is 1. The first-order chi connectivity index (χ1) is 8.60. The number of hydrogen-bond acceptors (Lipinski definition) is 4. The van der Waals surface area contributed by atoms with Crippen molar-refractivity contribution < 1.29 is 0 Å². The van der Waals surface area contributed by atoms with Crippen molar-refractivity contribution >= 4 is 11.8 Å². The largest absolute Gasteiger partial charge is 0.271 e. The van der Waals surface area contributed by atoms with E-state index in [1.165, 1.54) is 11.4 Å². The van der Waals surface area contributed by atoms with Crippen LogP contribution in [0.4, 0.5) is 0 Å². The van der Waals surface area contributed by atoms with Gasteiger partial charge in [0.2, 0.25) is 0 Å². The van der Waals surface area contributed by atoms with E-state index in [-0.39, 0.29) is 0 Å². The third kappa shape index (κ3) is 4.63. The Hall–Kier alpha value is -0.520. The van der Waals surface area contributed by atoms with E-state index in [1.54, 1.807) is 0 Å². The molecule has 1 aromatic heterocycles. The molecule has 4 nitrogen and oxygen atoms in total. The molecule has 0 bridgehead atoms. The van der Waals surface area contributed by atoms with Crippen molar-refractivity contribution in [3.8, 4) is 0 Å².